The minimum absolute atomic E-state index is 0.0787. The van der Waals surface area contributed by atoms with Crippen LogP contribution in [0.5, 0.6) is 0 Å². The molecule has 4 nitrogen and oxygen atoms in total. The Labute approximate surface area is 218 Å². The topological polar surface area (TPSA) is 41.6 Å². The standard InChI is InChI=1S/C28H32F6N2O2/c1-19(21-15-23(27(29,30)31)17-24(16-21)28(32,33)34)25(37)35-26(22-5-3-2-4-6-22)9-7-20(8-10-26)18-36-11-13-38-14-12-36/h2-6,15-17,19-20H,7-14,18H2,1H3,(H,35,37). The Morgan fingerprint density at radius 3 is 2.05 bits per heavy atom. The van der Waals surface area contributed by atoms with Crippen LogP contribution in [0, 0.1) is 5.92 Å². The van der Waals surface area contributed by atoms with E-state index in [0.29, 0.717) is 44.1 Å². The van der Waals surface area contributed by atoms with E-state index in [1.54, 1.807) is 0 Å². The van der Waals surface area contributed by atoms with Crippen molar-refractivity contribution in [1.82, 2.24) is 10.2 Å². The molecule has 2 aromatic carbocycles. The fourth-order valence-electron chi connectivity index (χ4n) is 5.47. The first-order chi connectivity index (χ1) is 17.9. The van der Waals surface area contributed by atoms with Crippen LogP contribution in [-0.2, 0) is 27.4 Å². The zero-order valence-corrected chi connectivity index (χ0v) is 21.2. The summed E-state index contributed by atoms with van der Waals surface area (Å²) in [4.78, 5) is 15.8. The Bertz CT molecular complexity index is 1060. The largest absolute Gasteiger partial charge is 0.416 e. The third kappa shape index (κ3) is 6.69. The van der Waals surface area contributed by atoms with E-state index in [9.17, 15) is 31.1 Å². The Hall–Kier alpha value is -2.59. The predicted molar refractivity (Wildman–Crippen MR) is 130 cm³/mol. The van der Waals surface area contributed by atoms with Crippen molar-refractivity contribution in [2.45, 2.75) is 56.4 Å². The number of benzene rings is 2. The van der Waals surface area contributed by atoms with Gasteiger partial charge in [-0.25, -0.2) is 0 Å². The molecule has 208 valence electrons. The third-order valence-electron chi connectivity index (χ3n) is 7.77. The second kappa shape index (κ2) is 11.3. The number of morpholine rings is 1. The van der Waals surface area contributed by atoms with Gasteiger partial charge in [0, 0.05) is 19.6 Å². The number of nitrogens with zero attached hydrogens (tertiary/aromatic N) is 1. The fraction of sp³-hybridized carbons (Fsp3) is 0.536. The summed E-state index contributed by atoms with van der Waals surface area (Å²) in [6, 6.07) is 10.7. The van der Waals surface area contributed by atoms with E-state index < -0.39 is 40.8 Å². The van der Waals surface area contributed by atoms with Gasteiger partial charge in [-0.05, 0) is 67.9 Å². The Kier molecular flexibility index (Phi) is 8.42. The SMILES string of the molecule is CC(C(=O)NC1(c2ccccc2)CCC(CN2CCOCC2)CC1)c1cc(C(F)(F)F)cc(C(F)(F)F)c1. The number of halogens is 6. The molecule has 1 saturated carbocycles. The summed E-state index contributed by atoms with van der Waals surface area (Å²) in [5.74, 6) is -1.39. The van der Waals surface area contributed by atoms with Gasteiger partial charge in [0.2, 0.25) is 5.91 Å². The first-order valence-electron chi connectivity index (χ1n) is 12.8. The molecule has 1 amide bonds. The van der Waals surface area contributed by atoms with Crippen LogP contribution in [0.25, 0.3) is 0 Å². The van der Waals surface area contributed by atoms with Crippen LogP contribution in [-0.4, -0.2) is 43.7 Å². The van der Waals surface area contributed by atoms with Gasteiger partial charge < -0.3 is 10.1 Å². The second-order valence-corrected chi connectivity index (χ2v) is 10.4. The van der Waals surface area contributed by atoms with Crippen molar-refractivity contribution >= 4 is 5.91 Å². The molecule has 1 saturated heterocycles. The molecule has 1 N–H and O–H groups in total. The number of amides is 1. The normalized spacial score (nSPS) is 24.1. The maximum atomic E-state index is 13.4. The maximum Gasteiger partial charge on any atom is 0.416 e. The number of alkyl halides is 6. The molecule has 0 aromatic heterocycles. The summed E-state index contributed by atoms with van der Waals surface area (Å²) >= 11 is 0. The Morgan fingerprint density at radius 2 is 1.53 bits per heavy atom. The van der Waals surface area contributed by atoms with Crippen molar-refractivity contribution in [3.8, 4) is 0 Å². The molecule has 4 rings (SSSR count). The average molecular weight is 543 g/mol. The van der Waals surface area contributed by atoms with E-state index in [1.165, 1.54) is 6.92 Å². The monoisotopic (exact) mass is 542 g/mol. The number of carbonyl (C=O) groups is 1. The summed E-state index contributed by atoms with van der Waals surface area (Å²) < 4.78 is 85.7. The van der Waals surface area contributed by atoms with Crippen molar-refractivity contribution in [3.05, 3.63) is 70.8 Å². The number of carbonyl (C=O) groups excluding carboxylic acids is 1. The molecule has 1 atom stereocenters. The molecule has 2 aromatic rings. The van der Waals surface area contributed by atoms with Gasteiger partial charge in [-0.15, -0.1) is 0 Å². The van der Waals surface area contributed by atoms with E-state index >= 15 is 0 Å². The molecule has 0 spiro atoms. The van der Waals surface area contributed by atoms with Gasteiger partial charge in [0.05, 0.1) is 35.8 Å². The smallest absolute Gasteiger partial charge is 0.379 e. The number of hydrogen-bond donors (Lipinski definition) is 1. The van der Waals surface area contributed by atoms with Gasteiger partial charge in [-0.1, -0.05) is 30.3 Å². The van der Waals surface area contributed by atoms with Crippen LogP contribution >= 0.6 is 0 Å². The number of ether oxygens (including phenoxy) is 1. The van der Waals surface area contributed by atoms with E-state index in [4.69, 9.17) is 4.74 Å². The first-order valence-corrected chi connectivity index (χ1v) is 12.8. The third-order valence-corrected chi connectivity index (χ3v) is 7.77. The minimum Gasteiger partial charge on any atom is -0.379 e. The van der Waals surface area contributed by atoms with Gasteiger partial charge in [0.25, 0.3) is 0 Å². The highest BCUT2D eigenvalue weighted by molar-refractivity contribution is 5.84. The Morgan fingerprint density at radius 1 is 0.974 bits per heavy atom. The van der Waals surface area contributed by atoms with Crippen molar-refractivity contribution in [3.63, 3.8) is 0 Å². The lowest BCUT2D eigenvalue weighted by Gasteiger charge is -2.43. The number of rotatable bonds is 6. The molecule has 10 heteroatoms. The zero-order chi connectivity index (χ0) is 27.6. The molecular formula is C28H32F6N2O2. The first kappa shape index (κ1) is 28.4. The molecule has 0 bridgehead atoms. The lowest BCUT2D eigenvalue weighted by atomic mass is 9.72. The second-order valence-electron chi connectivity index (χ2n) is 10.4. The lowest BCUT2D eigenvalue weighted by Crippen LogP contribution is -2.50. The summed E-state index contributed by atoms with van der Waals surface area (Å²) in [6.45, 7) is 5.45. The molecule has 1 heterocycles. The average Bonchev–Trinajstić information content (AvgIpc) is 2.89. The molecule has 0 radical (unpaired) electrons. The quantitative estimate of drug-likeness (QED) is 0.432. The highest BCUT2D eigenvalue weighted by Crippen LogP contribution is 2.42. The van der Waals surface area contributed by atoms with E-state index in [0.717, 1.165) is 38.0 Å². The fourth-order valence-corrected chi connectivity index (χ4v) is 5.47. The van der Waals surface area contributed by atoms with Crippen LogP contribution in [0.3, 0.4) is 0 Å². The molecule has 1 aliphatic heterocycles. The molecule has 2 fully saturated rings. The van der Waals surface area contributed by atoms with Crippen LogP contribution in [0.2, 0.25) is 0 Å². The molecular weight excluding hydrogens is 510 g/mol. The van der Waals surface area contributed by atoms with Crippen LogP contribution in [0.4, 0.5) is 26.3 Å². The summed E-state index contributed by atoms with van der Waals surface area (Å²) in [7, 11) is 0. The zero-order valence-electron chi connectivity index (χ0n) is 21.2. The van der Waals surface area contributed by atoms with E-state index in [2.05, 4.69) is 10.2 Å². The highest BCUT2D eigenvalue weighted by Gasteiger charge is 2.41. The summed E-state index contributed by atoms with van der Waals surface area (Å²) in [5, 5.41) is 3.05. The number of hydrogen-bond acceptors (Lipinski definition) is 3. The predicted octanol–water partition coefficient (Wildman–Crippen LogP) is 6.36. The van der Waals surface area contributed by atoms with Crippen molar-refractivity contribution in [1.29, 1.82) is 0 Å². The van der Waals surface area contributed by atoms with Crippen LogP contribution in [0.15, 0.2) is 48.5 Å². The molecule has 1 aliphatic carbocycles. The molecule has 38 heavy (non-hydrogen) atoms. The van der Waals surface area contributed by atoms with Gasteiger partial charge in [0.15, 0.2) is 0 Å². The molecule has 1 unspecified atom stereocenters. The van der Waals surface area contributed by atoms with E-state index in [1.807, 2.05) is 30.3 Å². The highest BCUT2D eigenvalue weighted by atomic mass is 19.4. The van der Waals surface area contributed by atoms with Crippen LogP contribution in [0.1, 0.15) is 60.8 Å². The van der Waals surface area contributed by atoms with Crippen LogP contribution < -0.4 is 5.32 Å². The lowest BCUT2D eigenvalue weighted by molar-refractivity contribution is -0.143. The van der Waals surface area contributed by atoms with Gasteiger partial charge in [-0.3, -0.25) is 9.69 Å². The minimum atomic E-state index is -4.98. The summed E-state index contributed by atoms with van der Waals surface area (Å²) in [6.07, 6.45) is -7.03. The van der Waals surface area contributed by atoms with Crippen molar-refractivity contribution in [2.75, 3.05) is 32.8 Å². The molecule has 2 aliphatic rings. The van der Waals surface area contributed by atoms with Crippen molar-refractivity contribution < 1.29 is 35.9 Å². The van der Waals surface area contributed by atoms with Gasteiger partial charge >= 0.3 is 12.4 Å². The van der Waals surface area contributed by atoms with E-state index in [-0.39, 0.29) is 11.6 Å². The Balaban J connectivity index is 1.55. The maximum absolute atomic E-state index is 13.4. The number of nitrogens with one attached hydrogen (secondary N) is 1. The summed E-state index contributed by atoms with van der Waals surface area (Å²) in [5.41, 5.74) is -3.05. The van der Waals surface area contributed by atoms with Crippen molar-refractivity contribution in [2.24, 2.45) is 5.92 Å². The van der Waals surface area contributed by atoms with Gasteiger partial charge in [0.1, 0.15) is 0 Å². The van der Waals surface area contributed by atoms with Gasteiger partial charge in [-0.2, -0.15) is 26.3 Å².